The normalized spacial score (nSPS) is 10.9. The monoisotopic (exact) mass is 806 g/mol. The Morgan fingerprint density at radius 1 is 0.311 bits per heavy atom. The highest BCUT2D eigenvalue weighted by molar-refractivity contribution is 5.49. The Morgan fingerprint density at radius 2 is 0.590 bits per heavy atom. The molecule has 0 aliphatic carbocycles. The first-order valence-electron chi connectivity index (χ1n) is 20.1. The van der Waals surface area contributed by atoms with Crippen LogP contribution >= 0.6 is 0 Å². The van der Waals surface area contributed by atoms with Crippen molar-refractivity contribution >= 4 is 22.7 Å². The lowest BCUT2D eigenvalue weighted by Gasteiger charge is -2.26. The first-order chi connectivity index (χ1) is 29.5. The van der Waals surface area contributed by atoms with Crippen LogP contribution in [0.25, 0.3) is 0 Å². The van der Waals surface area contributed by atoms with Gasteiger partial charge in [-0.2, -0.15) is 0 Å². The van der Waals surface area contributed by atoms with Crippen LogP contribution in [0.2, 0.25) is 0 Å². The number of aryl methyl sites for hydroxylation is 2. The molecule has 8 rings (SSSR count). The Bertz CT molecular complexity index is 2430. The molecule has 0 fully saturated rings. The third-order valence-corrected chi connectivity index (χ3v) is 10.1. The topological polar surface area (TPSA) is 141 Å². The van der Waals surface area contributed by atoms with Gasteiger partial charge in [-0.15, -0.1) is 0 Å². The lowest BCUT2D eigenvalue weighted by molar-refractivity contribution is 0.481. The summed E-state index contributed by atoms with van der Waals surface area (Å²) in [6.07, 6.45) is 1.92. The quantitative estimate of drug-likeness (QED) is 0.0844. The van der Waals surface area contributed by atoms with E-state index in [0.29, 0.717) is 11.4 Å². The predicted octanol–water partition coefficient (Wildman–Crippen LogP) is 13.0. The Hall–Kier alpha value is -7.84. The summed E-state index contributed by atoms with van der Waals surface area (Å²) in [6, 6.07) is 62.3. The average Bonchev–Trinajstić information content (AvgIpc) is 3.26. The van der Waals surface area contributed by atoms with Crippen LogP contribution < -0.4 is 41.9 Å². The maximum atomic E-state index is 5.91. The summed E-state index contributed by atoms with van der Waals surface area (Å²) in [7, 11) is 0. The van der Waals surface area contributed by atoms with E-state index >= 15 is 0 Å². The van der Waals surface area contributed by atoms with Gasteiger partial charge >= 0.3 is 0 Å². The standard InChI is InChI=1S/C27H26N2O2.C26H24N2O2/c1-27(2,19-9-13-23(14-10-19)30-25-7-3-5-21(28)17-25)20-11-15-24(16-12-20)31-26-8-4-6-22(29)18-26;27-21-7-15-25(16-8-21)29-23-11-3-19(4-12-23)1-2-20-5-13-24(14-6-20)30-26-17-9-22(28)10-18-26/h3-18H,28-29H2,1-2H3;3-18H,1-2,27-28H2. The zero-order valence-corrected chi connectivity index (χ0v) is 34.3. The first kappa shape index (κ1) is 41.3. The fourth-order valence-corrected chi connectivity index (χ4v) is 6.56. The van der Waals surface area contributed by atoms with Gasteiger partial charge in [-0.05, 0) is 156 Å². The second kappa shape index (κ2) is 19.3. The van der Waals surface area contributed by atoms with E-state index in [0.717, 1.165) is 70.2 Å². The first-order valence-corrected chi connectivity index (χ1v) is 20.1. The predicted molar refractivity (Wildman–Crippen MR) is 249 cm³/mol. The molecule has 8 nitrogen and oxygen atoms in total. The summed E-state index contributed by atoms with van der Waals surface area (Å²) < 4.78 is 23.5. The SMILES string of the molecule is CC(C)(c1ccc(Oc2cccc(N)c2)cc1)c1ccc(Oc2cccc(N)c2)cc1.Nc1ccc(Oc2ccc(CCc3ccc(Oc4ccc(N)cc4)cc3)cc2)cc1. The van der Waals surface area contributed by atoms with E-state index in [2.05, 4.69) is 62.4 Å². The van der Waals surface area contributed by atoms with Crippen molar-refractivity contribution in [3.05, 3.63) is 216 Å². The van der Waals surface area contributed by atoms with Crippen LogP contribution in [0.1, 0.15) is 36.1 Å². The van der Waals surface area contributed by atoms with Gasteiger partial charge in [0.1, 0.15) is 46.0 Å². The molecule has 0 saturated heterocycles. The highest BCUT2D eigenvalue weighted by Gasteiger charge is 2.23. The summed E-state index contributed by atoms with van der Waals surface area (Å²) in [4.78, 5) is 0. The fourth-order valence-electron chi connectivity index (χ4n) is 6.56. The van der Waals surface area contributed by atoms with Gasteiger partial charge in [0.05, 0.1) is 0 Å². The van der Waals surface area contributed by atoms with Crippen LogP contribution in [0, 0.1) is 0 Å². The zero-order valence-electron chi connectivity index (χ0n) is 34.3. The van der Waals surface area contributed by atoms with E-state index in [-0.39, 0.29) is 5.41 Å². The molecule has 306 valence electrons. The van der Waals surface area contributed by atoms with E-state index in [1.165, 1.54) is 22.3 Å². The van der Waals surface area contributed by atoms with Crippen LogP contribution in [0.15, 0.2) is 194 Å². The third kappa shape index (κ3) is 11.9. The van der Waals surface area contributed by atoms with Gasteiger partial charge in [0.25, 0.3) is 0 Å². The van der Waals surface area contributed by atoms with Crippen LogP contribution in [-0.4, -0.2) is 0 Å². The van der Waals surface area contributed by atoms with Crippen molar-refractivity contribution in [2.45, 2.75) is 32.1 Å². The molecule has 0 spiro atoms. The molecule has 8 aromatic carbocycles. The number of hydrogen-bond donors (Lipinski definition) is 4. The number of nitrogen functional groups attached to an aromatic ring is 4. The van der Waals surface area contributed by atoms with Crippen molar-refractivity contribution in [3.63, 3.8) is 0 Å². The molecule has 0 saturated carbocycles. The van der Waals surface area contributed by atoms with Gasteiger partial charge in [-0.1, -0.05) is 74.5 Å². The van der Waals surface area contributed by atoms with E-state index in [4.69, 9.17) is 41.9 Å². The van der Waals surface area contributed by atoms with Crippen LogP contribution in [0.3, 0.4) is 0 Å². The molecule has 0 aliphatic rings. The fraction of sp³-hybridized carbons (Fsp3) is 0.0943. The molecule has 61 heavy (non-hydrogen) atoms. The highest BCUT2D eigenvalue weighted by atomic mass is 16.5. The lowest BCUT2D eigenvalue weighted by atomic mass is 9.78. The van der Waals surface area contributed by atoms with Crippen molar-refractivity contribution in [1.82, 2.24) is 0 Å². The van der Waals surface area contributed by atoms with Gasteiger partial charge < -0.3 is 41.9 Å². The largest absolute Gasteiger partial charge is 0.457 e. The Morgan fingerprint density at radius 3 is 0.902 bits per heavy atom. The summed E-state index contributed by atoms with van der Waals surface area (Å²) >= 11 is 0. The number of nitrogens with two attached hydrogens (primary N) is 4. The maximum Gasteiger partial charge on any atom is 0.129 e. The van der Waals surface area contributed by atoms with Crippen LogP contribution in [-0.2, 0) is 18.3 Å². The van der Waals surface area contributed by atoms with E-state index in [1.54, 1.807) is 0 Å². The van der Waals surface area contributed by atoms with Crippen LogP contribution in [0.5, 0.6) is 46.0 Å². The molecular formula is C53H50N4O4. The van der Waals surface area contributed by atoms with E-state index in [1.807, 2.05) is 146 Å². The summed E-state index contributed by atoms with van der Waals surface area (Å²) in [5.41, 5.74) is 30.6. The average molecular weight is 807 g/mol. The lowest BCUT2D eigenvalue weighted by Crippen LogP contribution is -2.18. The molecule has 0 aliphatic heterocycles. The Kier molecular flexibility index (Phi) is 13.1. The number of benzene rings is 8. The minimum Gasteiger partial charge on any atom is -0.457 e. The number of anilines is 4. The number of hydrogen-bond acceptors (Lipinski definition) is 8. The van der Waals surface area contributed by atoms with Crippen molar-refractivity contribution in [2.24, 2.45) is 0 Å². The zero-order chi connectivity index (χ0) is 42.6. The van der Waals surface area contributed by atoms with Crippen molar-refractivity contribution in [2.75, 3.05) is 22.9 Å². The minimum absolute atomic E-state index is 0.175. The molecule has 0 bridgehead atoms. The Labute approximate surface area is 357 Å². The third-order valence-electron chi connectivity index (χ3n) is 10.1. The molecular weight excluding hydrogens is 757 g/mol. The molecule has 0 amide bonds. The van der Waals surface area contributed by atoms with Crippen molar-refractivity contribution in [3.8, 4) is 46.0 Å². The molecule has 0 radical (unpaired) electrons. The molecule has 0 unspecified atom stereocenters. The van der Waals surface area contributed by atoms with Gasteiger partial charge in [0.15, 0.2) is 0 Å². The van der Waals surface area contributed by atoms with E-state index in [9.17, 15) is 0 Å². The Balaban J connectivity index is 0.000000184. The van der Waals surface area contributed by atoms with Gasteiger partial charge in [0, 0.05) is 40.3 Å². The highest BCUT2D eigenvalue weighted by Crippen LogP contribution is 2.35. The molecule has 8 heteroatoms. The van der Waals surface area contributed by atoms with Crippen LogP contribution in [0.4, 0.5) is 22.7 Å². The molecule has 0 heterocycles. The van der Waals surface area contributed by atoms with Gasteiger partial charge in [-0.25, -0.2) is 0 Å². The summed E-state index contributed by atoms with van der Waals surface area (Å²) in [6.45, 7) is 4.41. The number of rotatable bonds is 13. The molecule has 0 atom stereocenters. The second-order valence-electron chi connectivity index (χ2n) is 15.2. The minimum atomic E-state index is -0.175. The van der Waals surface area contributed by atoms with E-state index < -0.39 is 0 Å². The molecule has 8 N–H and O–H groups in total. The smallest absolute Gasteiger partial charge is 0.129 e. The molecule has 0 aromatic heterocycles. The summed E-state index contributed by atoms with van der Waals surface area (Å²) in [5, 5.41) is 0. The van der Waals surface area contributed by atoms with Gasteiger partial charge in [-0.3, -0.25) is 0 Å². The van der Waals surface area contributed by atoms with Crippen molar-refractivity contribution in [1.29, 1.82) is 0 Å². The second-order valence-corrected chi connectivity index (χ2v) is 15.2. The maximum absolute atomic E-state index is 5.91. The number of ether oxygens (including phenoxy) is 4. The van der Waals surface area contributed by atoms with Gasteiger partial charge in [0.2, 0.25) is 0 Å². The summed E-state index contributed by atoms with van der Waals surface area (Å²) in [5.74, 6) is 6.18. The van der Waals surface area contributed by atoms with Crippen molar-refractivity contribution < 1.29 is 18.9 Å². The molecule has 8 aromatic rings.